The minimum Gasteiger partial charge on any atom is -0.355 e. The molecular formula is C21H23FN4OS. The fraction of sp³-hybridized carbons (Fsp3) is 0.286. The fourth-order valence-electron chi connectivity index (χ4n) is 2.83. The molecule has 0 aliphatic carbocycles. The van der Waals surface area contributed by atoms with Crippen molar-refractivity contribution in [2.24, 2.45) is 0 Å². The number of benzene rings is 2. The molecule has 7 heteroatoms. The van der Waals surface area contributed by atoms with E-state index in [4.69, 9.17) is 0 Å². The van der Waals surface area contributed by atoms with Crippen LogP contribution in [0.5, 0.6) is 0 Å². The summed E-state index contributed by atoms with van der Waals surface area (Å²) in [6.07, 6.45) is 1.38. The minimum atomic E-state index is -0.254. The van der Waals surface area contributed by atoms with Crippen molar-refractivity contribution in [2.45, 2.75) is 31.5 Å². The number of hydrogen-bond donors (Lipinski definition) is 1. The van der Waals surface area contributed by atoms with Crippen LogP contribution in [0.4, 0.5) is 4.39 Å². The molecule has 0 aliphatic rings. The first-order valence-electron chi connectivity index (χ1n) is 9.25. The number of carbonyl (C=O) groups is 1. The highest BCUT2D eigenvalue weighted by Gasteiger charge is 2.13. The lowest BCUT2D eigenvalue weighted by molar-refractivity contribution is -0.118. The Labute approximate surface area is 168 Å². The van der Waals surface area contributed by atoms with Crippen molar-refractivity contribution in [2.75, 3.05) is 12.3 Å². The Morgan fingerprint density at radius 2 is 1.82 bits per heavy atom. The Morgan fingerprint density at radius 3 is 2.54 bits per heavy atom. The molecule has 146 valence electrons. The van der Waals surface area contributed by atoms with Gasteiger partial charge in [0.1, 0.15) is 11.6 Å². The standard InChI is InChI=1S/C21H23FN4OS/c1-2-26-19(14-17-6-4-3-5-7-17)24-25-21(26)28-15-20(27)23-13-12-16-8-10-18(22)11-9-16/h3-11H,2,12-15H2,1H3,(H,23,27). The van der Waals surface area contributed by atoms with E-state index in [0.29, 0.717) is 19.4 Å². The Hall–Kier alpha value is -2.67. The Kier molecular flexibility index (Phi) is 7.19. The van der Waals surface area contributed by atoms with Gasteiger partial charge in [-0.3, -0.25) is 4.79 Å². The molecular weight excluding hydrogens is 375 g/mol. The van der Waals surface area contributed by atoms with Crippen molar-refractivity contribution in [3.05, 3.63) is 77.4 Å². The molecule has 0 bridgehead atoms. The van der Waals surface area contributed by atoms with Gasteiger partial charge in [-0.25, -0.2) is 4.39 Å². The van der Waals surface area contributed by atoms with E-state index in [1.807, 2.05) is 29.7 Å². The smallest absolute Gasteiger partial charge is 0.230 e. The van der Waals surface area contributed by atoms with Gasteiger partial charge in [0.25, 0.3) is 0 Å². The average molecular weight is 399 g/mol. The largest absolute Gasteiger partial charge is 0.355 e. The first-order valence-corrected chi connectivity index (χ1v) is 10.2. The van der Waals surface area contributed by atoms with E-state index >= 15 is 0 Å². The zero-order valence-corrected chi connectivity index (χ0v) is 16.6. The van der Waals surface area contributed by atoms with Gasteiger partial charge < -0.3 is 9.88 Å². The van der Waals surface area contributed by atoms with Crippen molar-refractivity contribution in [1.29, 1.82) is 0 Å². The molecule has 1 heterocycles. The van der Waals surface area contributed by atoms with Crippen LogP contribution in [0.1, 0.15) is 23.9 Å². The molecule has 3 aromatic rings. The summed E-state index contributed by atoms with van der Waals surface area (Å²) in [6, 6.07) is 16.5. The second-order valence-electron chi connectivity index (χ2n) is 6.32. The van der Waals surface area contributed by atoms with Gasteiger partial charge in [-0.2, -0.15) is 0 Å². The van der Waals surface area contributed by atoms with E-state index in [1.165, 1.54) is 29.5 Å². The van der Waals surface area contributed by atoms with Crippen LogP contribution in [-0.2, 0) is 24.2 Å². The lowest BCUT2D eigenvalue weighted by Gasteiger charge is -2.08. The zero-order chi connectivity index (χ0) is 19.8. The van der Waals surface area contributed by atoms with E-state index < -0.39 is 0 Å². The summed E-state index contributed by atoms with van der Waals surface area (Å²) < 4.78 is 14.9. The molecule has 0 saturated heterocycles. The molecule has 0 unspecified atom stereocenters. The maximum Gasteiger partial charge on any atom is 0.230 e. The van der Waals surface area contributed by atoms with Crippen molar-refractivity contribution < 1.29 is 9.18 Å². The molecule has 1 aromatic heterocycles. The van der Waals surface area contributed by atoms with Crippen LogP contribution in [0, 0.1) is 5.82 Å². The first-order chi connectivity index (χ1) is 13.7. The number of aromatic nitrogens is 3. The van der Waals surface area contributed by atoms with E-state index in [9.17, 15) is 9.18 Å². The van der Waals surface area contributed by atoms with Crippen LogP contribution >= 0.6 is 11.8 Å². The molecule has 0 atom stereocenters. The summed E-state index contributed by atoms with van der Waals surface area (Å²) >= 11 is 1.39. The number of thioether (sulfide) groups is 1. The van der Waals surface area contributed by atoms with Crippen LogP contribution in [-0.4, -0.2) is 33.0 Å². The van der Waals surface area contributed by atoms with Gasteiger partial charge in [-0.05, 0) is 36.6 Å². The van der Waals surface area contributed by atoms with Crippen LogP contribution in [0.3, 0.4) is 0 Å². The highest BCUT2D eigenvalue weighted by molar-refractivity contribution is 7.99. The third-order valence-corrected chi connectivity index (χ3v) is 5.26. The summed E-state index contributed by atoms with van der Waals surface area (Å²) in [5.41, 5.74) is 2.17. The topological polar surface area (TPSA) is 59.8 Å². The van der Waals surface area contributed by atoms with Crippen molar-refractivity contribution >= 4 is 17.7 Å². The van der Waals surface area contributed by atoms with Gasteiger partial charge in [-0.1, -0.05) is 54.2 Å². The number of hydrogen-bond acceptors (Lipinski definition) is 4. The van der Waals surface area contributed by atoms with Crippen LogP contribution in [0.15, 0.2) is 59.8 Å². The second kappa shape index (κ2) is 10.0. The first kappa shape index (κ1) is 20.1. The number of nitrogens with one attached hydrogen (secondary N) is 1. The van der Waals surface area contributed by atoms with Crippen LogP contribution < -0.4 is 5.32 Å². The lowest BCUT2D eigenvalue weighted by Crippen LogP contribution is -2.27. The summed E-state index contributed by atoms with van der Waals surface area (Å²) in [5.74, 6) is 0.874. The maximum atomic E-state index is 12.9. The number of halogens is 1. The van der Waals surface area contributed by atoms with E-state index in [2.05, 4.69) is 27.6 Å². The predicted molar refractivity (Wildman–Crippen MR) is 109 cm³/mol. The third kappa shape index (κ3) is 5.66. The SMILES string of the molecule is CCn1c(Cc2ccccc2)nnc1SCC(=O)NCCc1ccc(F)cc1. The number of carbonyl (C=O) groups excluding carboxylic acids is 1. The Morgan fingerprint density at radius 1 is 1.07 bits per heavy atom. The lowest BCUT2D eigenvalue weighted by atomic mass is 10.1. The van der Waals surface area contributed by atoms with Gasteiger partial charge in [-0.15, -0.1) is 10.2 Å². The van der Waals surface area contributed by atoms with E-state index in [1.54, 1.807) is 12.1 Å². The van der Waals surface area contributed by atoms with Crippen LogP contribution in [0.25, 0.3) is 0 Å². The van der Waals surface area contributed by atoms with Gasteiger partial charge in [0.05, 0.1) is 5.75 Å². The normalized spacial score (nSPS) is 10.8. The Bertz CT molecular complexity index is 897. The second-order valence-corrected chi connectivity index (χ2v) is 7.26. The molecule has 0 saturated carbocycles. The summed E-state index contributed by atoms with van der Waals surface area (Å²) in [4.78, 5) is 12.1. The summed E-state index contributed by atoms with van der Waals surface area (Å²) in [7, 11) is 0. The third-order valence-electron chi connectivity index (χ3n) is 4.30. The van der Waals surface area contributed by atoms with Crippen molar-refractivity contribution in [3.63, 3.8) is 0 Å². The van der Waals surface area contributed by atoms with Gasteiger partial charge in [0.15, 0.2) is 5.16 Å². The molecule has 28 heavy (non-hydrogen) atoms. The molecule has 1 N–H and O–H groups in total. The van der Waals surface area contributed by atoms with Gasteiger partial charge in [0, 0.05) is 19.5 Å². The van der Waals surface area contributed by atoms with Gasteiger partial charge in [0.2, 0.25) is 5.91 Å². The quantitative estimate of drug-likeness (QED) is 0.561. The van der Waals surface area contributed by atoms with E-state index in [-0.39, 0.29) is 17.5 Å². The van der Waals surface area contributed by atoms with E-state index in [0.717, 1.165) is 23.1 Å². The minimum absolute atomic E-state index is 0.0534. The molecule has 0 spiro atoms. The highest BCUT2D eigenvalue weighted by Crippen LogP contribution is 2.18. The molecule has 3 rings (SSSR count). The van der Waals surface area contributed by atoms with Crippen molar-refractivity contribution in [1.82, 2.24) is 20.1 Å². The molecule has 1 amide bonds. The molecule has 0 aliphatic heterocycles. The molecule has 5 nitrogen and oxygen atoms in total. The number of nitrogens with zero attached hydrogens (tertiary/aromatic N) is 3. The highest BCUT2D eigenvalue weighted by atomic mass is 32.2. The van der Waals surface area contributed by atoms with Crippen LogP contribution in [0.2, 0.25) is 0 Å². The fourth-order valence-corrected chi connectivity index (χ4v) is 3.68. The number of amides is 1. The van der Waals surface area contributed by atoms with Gasteiger partial charge >= 0.3 is 0 Å². The molecule has 0 fully saturated rings. The number of rotatable bonds is 9. The average Bonchev–Trinajstić information content (AvgIpc) is 3.10. The van der Waals surface area contributed by atoms with Crippen molar-refractivity contribution in [3.8, 4) is 0 Å². The summed E-state index contributed by atoms with van der Waals surface area (Å²) in [5, 5.41) is 12.2. The predicted octanol–water partition coefficient (Wildman–Crippen LogP) is 3.48. The summed E-state index contributed by atoms with van der Waals surface area (Å²) in [6.45, 7) is 3.32. The molecule has 0 radical (unpaired) electrons. The zero-order valence-electron chi connectivity index (χ0n) is 15.8. The molecule has 2 aromatic carbocycles. The Balaban J connectivity index is 1.48. The monoisotopic (exact) mass is 398 g/mol. The maximum absolute atomic E-state index is 12.9.